The number of benzene rings is 2. The first kappa shape index (κ1) is 12.2. The van der Waals surface area contributed by atoms with Crippen molar-refractivity contribution >= 4 is 5.91 Å². The quantitative estimate of drug-likeness (QED) is 0.894. The third kappa shape index (κ3) is 2.88. The van der Waals surface area contributed by atoms with Gasteiger partial charge in [0, 0.05) is 5.56 Å². The smallest absolute Gasteiger partial charge is 0.221 e. The van der Waals surface area contributed by atoms with Gasteiger partial charge in [0.1, 0.15) is 11.5 Å². The Labute approximate surface area is 106 Å². The summed E-state index contributed by atoms with van der Waals surface area (Å²) < 4.78 is 5.83. The first-order chi connectivity index (χ1) is 8.66. The molecule has 3 nitrogen and oxygen atoms in total. The first-order valence-corrected chi connectivity index (χ1v) is 5.76. The van der Waals surface area contributed by atoms with Crippen LogP contribution in [0.5, 0.6) is 11.5 Å². The van der Waals surface area contributed by atoms with Gasteiger partial charge in [-0.2, -0.15) is 0 Å². The van der Waals surface area contributed by atoms with Crippen LogP contribution in [0.2, 0.25) is 0 Å². The average molecular weight is 241 g/mol. The minimum atomic E-state index is -0.362. The van der Waals surface area contributed by atoms with Crippen LogP contribution in [0.1, 0.15) is 11.1 Å². The van der Waals surface area contributed by atoms with Crippen molar-refractivity contribution in [2.24, 2.45) is 5.73 Å². The summed E-state index contributed by atoms with van der Waals surface area (Å²) in [6, 6.07) is 15.2. The van der Waals surface area contributed by atoms with Crippen LogP contribution in [0.4, 0.5) is 0 Å². The monoisotopic (exact) mass is 241 g/mol. The van der Waals surface area contributed by atoms with Crippen molar-refractivity contribution in [3.8, 4) is 11.5 Å². The molecule has 3 heteroatoms. The predicted octanol–water partition coefficient (Wildman–Crippen LogP) is 2.82. The second kappa shape index (κ2) is 5.36. The van der Waals surface area contributed by atoms with Gasteiger partial charge in [0.05, 0.1) is 6.42 Å². The molecule has 2 rings (SSSR count). The van der Waals surface area contributed by atoms with E-state index in [1.165, 1.54) is 0 Å². The standard InChI is InChI=1S/C15H15NO2/c1-11-6-5-7-12(10-14(16)17)15(11)18-13-8-3-2-4-9-13/h2-9H,10H2,1H3,(H2,16,17). The number of rotatable bonds is 4. The summed E-state index contributed by atoms with van der Waals surface area (Å²) in [5.74, 6) is 1.10. The third-order valence-electron chi connectivity index (χ3n) is 2.62. The molecule has 0 bridgehead atoms. The molecular weight excluding hydrogens is 226 g/mol. The van der Waals surface area contributed by atoms with E-state index in [9.17, 15) is 4.79 Å². The molecule has 0 atom stereocenters. The lowest BCUT2D eigenvalue weighted by Crippen LogP contribution is -2.14. The highest BCUT2D eigenvalue weighted by atomic mass is 16.5. The minimum absolute atomic E-state index is 0.184. The number of ether oxygens (including phenoxy) is 1. The molecule has 0 aromatic heterocycles. The summed E-state index contributed by atoms with van der Waals surface area (Å²) in [6.45, 7) is 1.95. The van der Waals surface area contributed by atoms with Gasteiger partial charge in [-0.05, 0) is 24.6 Å². The normalized spacial score (nSPS) is 10.1. The van der Waals surface area contributed by atoms with Crippen LogP contribution in [0.25, 0.3) is 0 Å². The molecule has 18 heavy (non-hydrogen) atoms. The summed E-state index contributed by atoms with van der Waals surface area (Å²) in [5, 5.41) is 0. The fourth-order valence-corrected chi connectivity index (χ4v) is 1.79. The van der Waals surface area contributed by atoms with E-state index in [4.69, 9.17) is 10.5 Å². The number of carbonyl (C=O) groups is 1. The molecule has 0 fully saturated rings. The van der Waals surface area contributed by atoms with E-state index in [2.05, 4.69) is 0 Å². The molecule has 0 radical (unpaired) electrons. The Morgan fingerprint density at radius 2 is 1.83 bits per heavy atom. The molecule has 0 saturated carbocycles. The molecule has 0 saturated heterocycles. The molecule has 0 aliphatic rings. The zero-order chi connectivity index (χ0) is 13.0. The van der Waals surface area contributed by atoms with Gasteiger partial charge in [0.15, 0.2) is 0 Å². The Bertz CT molecular complexity index is 550. The maximum Gasteiger partial charge on any atom is 0.221 e. The molecule has 1 amide bonds. The van der Waals surface area contributed by atoms with Crippen LogP contribution in [-0.4, -0.2) is 5.91 Å². The van der Waals surface area contributed by atoms with E-state index in [1.54, 1.807) is 0 Å². The molecule has 2 N–H and O–H groups in total. The first-order valence-electron chi connectivity index (χ1n) is 5.76. The van der Waals surface area contributed by atoms with Gasteiger partial charge in [-0.1, -0.05) is 36.4 Å². The average Bonchev–Trinajstić information content (AvgIpc) is 2.34. The molecule has 0 heterocycles. The van der Waals surface area contributed by atoms with Gasteiger partial charge in [0.25, 0.3) is 0 Å². The number of carbonyl (C=O) groups excluding carboxylic acids is 1. The minimum Gasteiger partial charge on any atom is -0.457 e. The number of nitrogens with two attached hydrogens (primary N) is 1. The predicted molar refractivity (Wildman–Crippen MR) is 70.6 cm³/mol. The van der Waals surface area contributed by atoms with Crippen LogP contribution in [0.15, 0.2) is 48.5 Å². The number of amides is 1. The van der Waals surface area contributed by atoms with E-state index in [0.717, 1.165) is 16.9 Å². The Kier molecular flexibility index (Phi) is 3.63. The molecular formula is C15H15NO2. The zero-order valence-corrected chi connectivity index (χ0v) is 10.2. The number of hydrogen-bond acceptors (Lipinski definition) is 2. The van der Waals surface area contributed by atoms with Crippen molar-refractivity contribution in [2.75, 3.05) is 0 Å². The van der Waals surface area contributed by atoms with Crippen molar-refractivity contribution in [3.63, 3.8) is 0 Å². The summed E-state index contributed by atoms with van der Waals surface area (Å²) in [4.78, 5) is 11.1. The maximum absolute atomic E-state index is 11.1. The van der Waals surface area contributed by atoms with Crippen molar-refractivity contribution in [1.29, 1.82) is 0 Å². The highest BCUT2D eigenvalue weighted by molar-refractivity contribution is 5.77. The van der Waals surface area contributed by atoms with Gasteiger partial charge in [-0.15, -0.1) is 0 Å². The Morgan fingerprint density at radius 1 is 1.11 bits per heavy atom. The molecule has 0 aliphatic heterocycles. The third-order valence-corrected chi connectivity index (χ3v) is 2.62. The molecule has 92 valence electrons. The van der Waals surface area contributed by atoms with E-state index in [1.807, 2.05) is 55.5 Å². The molecule has 0 spiro atoms. The SMILES string of the molecule is Cc1cccc(CC(N)=O)c1Oc1ccccc1. The molecule has 2 aromatic rings. The Hall–Kier alpha value is -2.29. The lowest BCUT2D eigenvalue weighted by Gasteiger charge is -2.12. The van der Waals surface area contributed by atoms with Crippen molar-refractivity contribution in [1.82, 2.24) is 0 Å². The van der Waals surface area contributed by atoms with Gasteiger partial charge in [-0.3, -0.25) is 4.79 Å². The number of hydrogen-bond donors (Lipinski definition) is 1. The molecule has 0 unspecified atom stereocenters. The lowest BCUT2D eigenvalue weighted by molar-refractivity contribution is -0.117. The van der Waals surface area contributed by atoms with E-state index in [0.29, 0.717) is 5.75 Å². The van der Waals surface area contributed by atoms with Crippen LogP contribution in [0.3, 0.4) is 0 Å². The van der Waals surface area contributed by atoms with Crippen LogP contribution >= 0.6 is 0 Å². The van der Waals surface area contributed by atoms with Gasteiger partial charge < -0.3 is 10.5 Å². The summed E-state index contributed by atoms with van der Waals surface area (Å²) in [6.07, 6.45) is 0.184. The second-order valence-corrected chi connectivity index (χ2v) is 4.12. The number of aryl methyl sites for hydroxylation is 1. The van der Waals surface area contributed by atoms with Crippen LogP contribution in [0, 0.1) is 6.92 Å². The number of primary amides is 1. The van der Waals surface area contributed by atoms with Crippen molar-refractivity contribution in [3.05, 3.63) is 59.7 Å². The summed E-state index contributed by atoms with van der Waals surface area (Å²) in [5.41, 5.74) is 7.04. The van der Waals surface area contributed by atoms with E-state index in [-0.39, 0.29) is 12.3 Å². The van der Waals surface area contributed by atoms with Crippen LogP contribution < -0.4 is 10.5 Å². The van der Waals surface area contributed by atoms with Crippen molar-refractivity contribution in [2.45, 2.75) is 13.3 Å². The molecule has 0 aliphatic carbocycles. The lowest BCUT2D eigenvalue weighted by atomic mass is 10.1. The number of para-hydroxylation sites is 2. The van der Waals surface area contributed by atoms with Gasteiger partial charge in [-0.25, -0.2) is 0 Å². The largest absolute Gasteiger partial charge is 0.457 e. The van der Waals surface area contributed by atoms with E-state index < -0.39 is 0 Å². The fraction of sp³-hybridized carbons (Fsp3) is 0.133. The Balaban J connectivity index is 2.34. The maximum atomic E-state index is 11.1. The second-order valence-electron chi connectivity index (χ2n) is 4.12. The highest BCUT2D eigenvalue weighted by Crippen LogP contribution is 2.29. The zero-order valence-electron chi connectivity index (χ0n) is 10.2. The van der Waals surface area contributed by atoms with Crippen LogP contribution in [-0.2, 0) is 11.2 Å². The fourth-order valence-electron chi connectivity index (χ4n) is 1.79. The topological polar surface area (TPSA) is 52.3 Å². The summed E-state index contributed by atoms with van der Waals surface area (Å²) in [7, 11) is 0. The van der Waals surface area contributed by atoms with Gasteiger partial charge >= 0.3 is 0 Å². The van der Waals surface area contributed by atoms with E-state index >= 15 is 0 Å². The van der Waals surface area contributed by atoms with Gasteiger partial charge in [0.2, 0.25) is 5.91 Å². The highest BCUT2D eigenvalue weighted by Gasteiger charge is 2.10. The summed E-state index contributed by atoms with van der Waals surface area (Å²) >= 11 is 0. The molecule has 2 aromatic carbocycles. The van der Waals surface area contributed by atoms with Crippen molar-refractivity contribution < 1.29 is 9.53 Å². The Morgan fingerprint density at radius 3 is 2.50 bits per heavy atom.